The Morgan fingerprint density at radius 2 is 1.64 bits per heavy atom. The maximum absolute atomic E-state index is 12.8. The molecule has 8 heteroatoms. The van der Waals surface area contributed by atoms with Gasteiger partial charge in [-0.2, -0.15) is 5.26 Å². The zero-order valence-electron chi connectivity index (χ0n) is 16.8. The summed E-state index contributed by atoms with van der Waals surface area (Å²) in [5, 5.41) is 11.4. The van der Waals surface area contributed by atoms with Crippen molar-refractivity contribution in [2.75, 3.05) is 13.2 Å². The van der Waals surface area contributed by atoms with E-state index in [1.807, 2.05) is 6.07 Å². The second-order valence-electron chi connectivity index (χ2n) is 6.96. The number of nitriles is 1. The van der Waals surface area contributed by atoms with Gasteiger partial charge in [-0.15, -0.1) is 0 Å². The highest BCUT2D eigenvalue weighted by molar-refractivity contribution is 6.07. The van der Waals surface area contributed by atoms with Crippen LogP contribution in [0.5, 0.6) is 0 Å². The van der Waals surface area contributed by atoms with E-state index in [0.29, 0.717) is 11.1 Å². The van der Waals surface area contributed by atoms with Crippen LogP contribution in [0.3, 0.4) is 0 Å². The number of alkyl carbamates (subject to hydrolysis) is 1. The molecule has 152 valence electrons. The SMILES string of the molecule is CCOC(=O)C(Cc1cccc(C#N)c1)(NC(=O)OC(C)(C)C)C(=O)OCC. The Labute approximate surface area is 164 Å². The summed E-state index contributed by atoms with van der Waals surface area (Å²) in [5.41, 5.74) is -2.19. The average Bonchev–Trinajstić information content (AvgIpc) is 2.60. The lowest BCUT2D eigenvalue weighted by atomic mass is 9.90. The van der Waals surface area contributed by atoms with E-state index in [0.717, 1.165) is 0 Å². The van der Waals surface area contributed by atoms with Gasteiger partial charge in [-0.25, -0.2) is 14.4 Å². The van der Waals surface area contributed by atoms with E-state index in [9.17, 15) is 14.4 Å². The molecule has 0 heterocycles. The molecular weight excluding hydrogens is 364 g/mol. The molecule has 0 atom stereocenters. The molecule has 0 bridgehead atoms. The van der Waals surface area contributed by atoms with E-state index in [1.165, 1.54) is 6.07 Å². The molecule has 0 radical (unpaired) electrons. The third kappa shape index (κ3) is 6.27. The molecule has 0 spiro atoms. The highest BCUT2D eigenvalue weighted by atomic mass is 16.6. The molecule has 0 saturated carbocycles. The lowest BCUT2D eigenvalue weighted by Gasteiger charge is -2.31. The summed E-state index contributed by atoms with van der Waals surface area (Å²) >= 11 is 0. The first kappa shape index (κ1) is 23.0. The first-order valence-corrected chi connectivity index (χ1v) is 8.92. The first-order chi connectivity index (χ1) is 13.1. The third-order valence-corrected chi connectivity index (χ3v) is 3.49. The average molecular weight is 390 g/mol. The Kier molecular flexibility index (Phi) is 7.99. The lowest BCUT2D eigenvalue weighted by Crippen LogP contribution is -2.63. The van der Waals surface area contributed by atoms with E-state index < -0.39 is 29.2 Å². The number of carbonyl (C=O) groups is 3. The number of hydrogen-bond acceptors (Lipinski definition) is 7. The van der Waals surface area contributed by atoms with Gasteiger partial charge in [0.2, 0.25) is 5.54 Å². The van der Waals surface area contributed by atoms with E-state index in [4.69, 9.17) is 19.5 Å². The number of benzene rings is 1. The van der Waals surface area contributed by atoms with Crippen molar-refractivity contribution in [3.63, 3.8) is 0 Å². The van der Waals surface area contributed by atoms with Gasteiger partial charge in [-0.3, -0.25) is 5.32 Å². The molecular formula is C20H26N2O6. The predicted molar refractivity (Wildman–Crippen MR) is 100 cm³/mol. The fourth-order valence-corrected chi connectivity index (χ4v) is 2.42. The highest BCUT2D eigenvalue weighted by Gasteiger charge is 2.51. The number of rotatable bonds is 7. The number of nitrogens with zero attached hydrogens (tertiary/aromatic N) is 1. The number of ether oxygens (including phenoxy) is 3. The molecule has 0 aliphatic rings. The van der Waals surface area contributed by atoms with Gasteiger partial charge in [0.15, 0.2) is 0 Å². The van der Waals surface area contributed by atoms with E-state index in [2.05, 4.69) is 5.32 Å². The van der Waals surface area contributed by atoms with Crippen molar-refractivity contribution in [3.8, 4) is 6.07 Å². The number of carbonyl (C=O) groups excluding carboxylic acids is 3. The van der Waals surface area contributed by atoms with Crippen LogP contribution in [-0.2, 0) is 30.2 Å². The quantitative estimate of drug-likeness (QED) is 0.432. The molecule has 0 saturated heterocycles. The highest BCUT2D eigenvalue weighted by Crippen LogP contribution is 2.21. The molecule has 1 rings (SSSR count). The normalized spacial score (nSPS) is 11.1. The maximum atomic E-state index is 12.8. The molecule has 1 aromatic rings. The smallest absolute Gasteiger partial charge is 0.409 e. The third-order valence-electron chi connectivity index (χ3n) is 3.49. The topological polar surface area (TPSA) is 115 Å². The summed E-state index contributed by atoms with van der Waals surface area (Å²) in [7, 11) is 0. The molecule has 0 aromatic heterocycles. The van der Waals surface area contributed by atoms with Gasteiger partial charge in [0.1, 0.15) is 5.60 Å². The van der Waals surface area contributed by atoms with Crippen molar-refractivity contribution in [1.29, 1.82) is 5.26 Å². The summed E-state index contributed by atoms with van der Waals surface area (Å²) in [6.07, 6.45) is -1.23. The Hall–Kier alpha value is -3.08. The standard InChI is InChI=1S/C20H26N2O6/c1-6-26-16(23)20(17(24)27-7-2,22-18(25)28-19(3,4)5)12-14-9-8-10-15(11-14)13-21/h8-11H,6-7,12H2,1-5H3,(H,22,25). The number of esters is 2. The monoisotopic (exact) mass is 390 g/mol. The predicted octanol–water partition coefficient (Wildman–Crippen LogP) is 2.49. The summed E-state index contributed by atoms with van der Waals surface area (Å²) in [4.78, 5) is 38.0. The number of nitrogens with one attached hydrogen (secondary N) is 1. The summed E-state index contributed by atoms with van der Waals surface area (Å²) in [6, 6.07) is 8.34. The van der Waals surface area contributed by atoms with Crippen LogP contribution in [0.4, 0.5) is 4.79 Å². The Morgan fingerprint density at radius 1 is 1.07 bits per heavy atom. The van der Waals surface area contributed by atoms with E-state index >= 15 is 0 Å². The summed E-state index contributed by atoms with van der Waals surface area (Å²) < 4.78 is 15.3. The minimum Gasteiger partial charge on any atom is -0.464 e. The Bertz CT molecular complexity index is 743. The van der Waals surface area contributed by atoms with Gasteiger partial charge < -0.3 is 14.2 Å². The fraction of sp³-hybridized carbons (Fsp3) is 0.500. The van der Waals surface area contributed by atoms with E-state index in [1.54, 1.807) is 52.8 Å². The number of hydrogen-bond donors (Lipinski definition) is 1. The zero-order chi connectivity index (χ0) is 21.4. The van der Waals surface area contributed by atoms with Gasteiger partial charge in [0.25, 0.3) is 0 Å². The van der Waals surface area contributed by atoms with Crippen molar-refractivity contribution >= 4 is 18.0 Å². The molecule has 8 nitrogen and oxygen atoms in total. The van der Waals surface area contributed by atoms with Crippen molar-refractivity contribution in [3.05, 3.63) is 35.4 Å². The van der Waals surface area contributed by atoms with Crippen LogP contribution in [0.2, 0.25) is 0 Å². The second-order valence-corrected chi connectivity index (χ2v) is 6.96. The Morgan fingerprint density at radius 3 is 2.11 bits per heavy atom. The van der Waals surface area contributed by atoms with Crippen LogP contribution in [-0.4, -0.2) is 42.4 Å². The minimum atomic E-state index is -2.15. The van der Waals surface area contributed by atoms with Gasteiger partial charge >= 0.3 is 18.0 Å². The summed E-state index contributed by atoms with van der Waals surface area (Å²) in [5.74, 6) is -1.94. The van der Waals surface area contributed by atoms with Gasteiger partial charge in [0.05, 0.1) is 24.8 Å². The van der Waals surface area contributed by atoms with Crippen molar-refractivity contribution in [2.24, 2.45) is 0 Å². The second kappa shape index (κ2) is 9.74. The largest absolute Gasteiger partial charge is 0.464 e. The van der Waals surface area contributed by atoms with Crippen LogP contribution in [0.15, 0.2) is 24.3 Å². The van der Waals surface area contributed by atoms with Crippen molar-refractivity contribution < 1.29 is 28.6 Å². The molecule has 1 amide bonds. The minimum absolute atomic E-state index is 0.00573. The van der Waals surface area contributed by atoms with Crippen LogP contribution >= 0.6 is 0 Å². The molecule has 0 aliphatic carbocycles. The van der Waals surface area contributed by atoms with Crippen molar-refractivity contribution in [2.45, 2.75) is 52.2 Å². The molecule has 1 aromatic carbocycles. The molecule has 0 aliphatic heterocycles. The maximum Gasteiger partial charge on any atom is 0.409 e. The van der Waals surface area contributed by atoms with Gasteiger partial charge in [-0.1, -0.05) is 12.1 Å². The van der Waals surface area contributed by atoms with Crippen LogP contribution in [0, 0.1) is 11.3 Å². The molecule has 0 unspecified atom stereocenters. The van der Waals surface area contributed by atoms with Crippen LogP contribution < -0.4 is 5.32 Å². The first-order valence-electron chi connectivity index (χ1n) is 8.92. The fourth-order valence-electron chi connectivity index (χ4n) is 2.42. The summed E-state index contributed by atoms with van der Waals surface area (Å²) in [6.45, 7) is 8.11. The molecule has 0 fully saturated rings. The zero-order valence-corrected chi connectivity index (χ0v) is 16.8. The number of amides is 1. The van der Waals surface area contributed by atoms with Gasteiger partial charge in [0, 0.05) is 6.42 Å². The molecule has 1 N–H and O–H groups in total. The Balaban J connectivity index is 3.41. The van der Waals surface area contributed by atoms with Crippen LogP contribution in [0.25, 0.3) is 0 Å². The van der Waals surface area contributed by atoms with E-state index in [-0.39, 0.29) is 19.6 Å². The van der Waals surface area contributed by atoms with Crippen LogP contribution in [0.1, 0.15) is 45.7 Å². The van der Waals surface area contributed by atoms with Gasteiger partial charge in [-0.05, 0) is 52.3 Å². The molecule has 28 heavy (non-hydrogen) atoms. The van der Waals surface area contributed by atoms with Crippen molar-refractivity contribution in [1.82, 2.24) is 5.32 Å². The lowest BCUT2D eigenvalue weighted by molar-refractivity contribution is -0.166.